The molecule has 1 saturated heterocycles. The van der Waals surface area contributed by atoms with Gasteiger partial charge in [-0.15, -0.1) is 0 Å². The van der Waals surface area contributed by atoms with Crippen molar-refractivity contribution in [2.24, 2.45) is 0 Å². The first-order valence-corrected chi connectivity index (χ1v) is 8.54. The van der Waals surface area contributed by atoms with E-state index in [0.29, 0.717) is 6.04 Å². The van der Waals surface area contributed by atoms with E-state index in [2.05, 4.69) is 51.6 Å². The highest BCUT2D eigenvalue weighted by Crippen LogP contribution is 2.20. The molecular formula is C18H26N6. The van der Waals surface area contributed by atoms with Gasteiger partial charge in [0.25, 0.3) is 0 Å². The van der Waals surface area contributed by atoms with E-state index in [4.69, 9.17) is 4.98 Å². The molecule has 1 aliphatic rings. The highest BCUT2D eigenvalue weighted by molar-refractivity contribution is 5.47. The second kappa shape index (κ2) is 7.03. The molecule has 0 N–H and O–H groups in total. The van der Waals surface area contributed by atoms with E-state index in [1.54, 1.807) is 0 Å². The summed E-state index contributed by atoms with van der Waals surface area (Å²) in [7, 11) is 2.08. The molecule has 128 valence electrons. The maximum Gasteiger partial charge on any atom is 0.227 e. The minimum atomic E-state index is 0.410. The highest BCUT2D eigenvalue weighted by atomic mass is 15.3. The van der Waals surface area contributed by atoms with Gasteiger partial charge in [-0.1, -0.05) is 6.07 Å². The standard InChI is InChI=1S/C18H26N6/c1-14(2)22(4)17-13-15(3)20-18(21-17)24-11-9-23(10-12-24)16-7-5-6-8-19-16/h5-8,13-14H,9-12H2,1-4H3. The molecule has 2 aromatic rings. The molecule has 1 fully saturated rings. The van der Waals surface area contributed by atoms with Crippen molar-refractivity contribution in [3.63, 3.8) is 0 Å². The Labute approximate surface area is 144 Å². The number of aromatic nitrogens is 3. The highest BCUT2D eigenvalue weighted by Gasteiger charge is 2.21. The number of aryl methyl sites for hydroxylation is 1. The first kappa shape index (κ1) is 16.5. The lowest BCUT2D eigenvalue weighted by molar-refractivity contribution is 0.632. The van der Waals surface area contributed by atoms with Crippen molar-refractivity contribution >= 4 is 17.6 Å². The summed E-state index contributed by atoms with van der Waals surface area (Å²) in [5, 5.41) is 0. The molecule has 0 atom stereocenters. The molecule has 3 heterocycles. The zero-order chi connectivity index (χ0) is 17.1. The number of pyridine rings is 1. The summed E-state index contributed by atoms with van der Waals surface area (Å²) in [6, 6.07) is 8.51. The molecule has 0 radical (unpaired) electrons. The quantitative estimate of drug-likeness (QED) is 0.859. The minimum Gasteiger partial charge on any atom is -0.357 e. The zero-order valence-electron chi connectivity index (χ0n) is 15.0. The molecule has 0 aromatic carbocycles. The van der Waals surface area contributed by atoms with Crippen molar-refractivity contribution in [3.8, 4) is 0 Å². The van der Waals surface area contributed by atoms with Crippen LogP contribution < -0.4 is 14.7 Å². The lowest BCUT2D eigenvalue weighted by Crippen LogP contribution is -2.47. The fraction of sp³-hybridized carbons (Fsp3) is 0.500. The van der Waals surface area contributed by atoms with Gasteiger partial charge in [0.15, 0.2) is 0 Å². The Morgan fingerprint density at radius 2 is 1.75 bits per heavy atom. The molecule has 6 nitrogen and oxygen atoms in total. The van der Waals surface area contributed by atoms with Crippen LogP contribution in [0.5, 0.6) is 0 Å². The van der Waals surface area contributed by atoms with Gasteiger partial charge in [0.05, 0.1) is 0 Å². The predicted octanol–water partition coefficient (Wildman–Crippen LogP) is 2.35. The Bertz CT molecular complexity index is 664. The summed E-state index contributed by atoms with van der Waals surface area (Å²) in [6.45, 7) is 10.1. The van der Waals surface area contributed by atoms with Crippen LogP contribution in [0.15, 0.2) is 30.5 Å². The monoisotopic (exact) mass is 326 g/mol. The van der Waals surface area contributed by atoms with Crippen molar-refractivity contribution in [3.05, 3.63) is 36.2 Å². The first-order chi connectivity index (χ1) is 11.5. The summed E-state index contributed by atoms with van der Waals surface area (Å²) >= 11 is 0. The second-order valence-electron chi connectivity index (χ2n) is 6.53. The first-order valence-electron chi connectivity index (χ1n) is 8.54. The smallest absolute Gasteiger partial charge is 0.227 e. The Hall–Kier alpha value is -2.37. The van der Waals surface area contributed by atoms with Crippen LogP contribution in [0, 0.1) is 6.92 Å². The van der Waals surface area contributed by atoms with Crippen LogP contribution in [0.2, 0.25) is 0 Å². The number of piperazine rings is 1. The summed E-state index contributed by atoms with van der Waals surface area (Å²) in [6.07, 6.45) is 1.85. The Morgan fingerprint density at radius 1 is 1.04 bits per heavy atom. The summed E-state index contributed by atoms with van der Waals surface area (Å²) in [4.78, 5) is 20.6. The third kappa shape index (κ3) is 3.58. The van der Waals surface area contributed by atoms with Crippen molar-refractivity contribution in [1.82, 2.24) is 15.0 Å². The Kier molecular flexibility index (Phi) is 4.83. The molecule has 24 heavy (non-hydrogen) atoms. The van der Waals surface area contributed by atoms with E-state index in [-0.39, 0.29) is 0 Å². The lowest BCUT2D eigenvalue weighted by Gasteiger charge is -2.36. The average molecular weight is 326 g/mol. The summed E-state index contributed by atoms with van der Waals surface area (Å²) in [5.41, 5.74) is 1.01. The van der Waals surface area contributed by atoms with Crippen molar-refractivity contribution < 1.29 is 0 Å². The molecule has 0 amide bonds. The summed E-state index contributed by atoms with van der Waals surface area (Å²) in [5.74, 6) is 2.86. The number of rotatable bonds is 4. The zero-order valence-corrected chi connectivity index (χ0v) is 15.0. The second-order valence-corrected chi connectivity index (χ2v) is 6.53. The van der Waals surface area contributed by atoms with Gasteiger partial charge < -0.3 is 14.7 Å². The molecule has 6 heteroatoms. The molecule has 0 unspecified atom stereocenters. The van der Waals surface area contributed by atoms with E-state index in [9.17, 15) is 0 Å². The van der Waals surface area contributed by atoms with E-state index in [1.165, 1.54) is 0 Å². The van der Waals surface area contributed by atoms with Gasteiger partial charge in [-0.3, -0.25) is 0 Å². The number of anilines is 3. The topological polar surface area (TPSA) is 48.4 Å². The average Bonchev–Trinajstić information content (AvgIpc) is 2.61. The Morgan fingerprint density at radius 3 is 2.38 bits per heavy atom. The van der Waals surface area contributed by atoms with Crippen LogP contribution in [0.4, 0.5) is 17.6 Å². The van der Waals surface area contributed by atoms with Gasteiger partial charge in [0.1, 0.15) is 11.6 Å². The largest absolute Gasteiger partial charge is 0.357 e. The van der Waals surface area contributed by atoms with Crippen molar-refractivity contribution in [2.45, 2.75) is 26.8 Å². The predicted molar refractivity (Wildman–Crippen MR) is 99.0 cm³/mol. The number of hydrogen-bond acceptors (Lipinski definition) is 6. The SMILES string of the molecule is Cc1cc(N(C)C(C)C)nc(N2CCN(c3ccccn3)CC2)n1. The third-order valence-electron chi connectivity index (χ3n) is 4.50. The maximum absolute atomic E-state index is 4.78. The van der Waals surface area contributed by atoms with Crippen LogP contribution in [0.3, 0.4) is 0 Å². The third-order valence-corrected chi connectivity index (χ3v) is 4.50. The van der Waals surface area contributed by atoms with Gasteiger partial charge >= 0.3 is 0 Å². The van der Waals surface area contributed by atoms with Gasteiger partial charge in [0.2, 0.25) is 5.95 Å². The molecule has 2 aromatic heterocycles. The Balaban J connectivity index is 1.72. The van der Waals surface area contributed by atoms with Crippen LogP contribution in [0.25, 0.3) is 0 Å². The molecule has 0 saturated carbocycles. The van der Waals surface area contributed by atoms with Crippen LogP contribution in [0.1, 0.15) is 19.5 Å². The van der Waals surface area contributed by atoms with Gasteiger partial charge in [-0.2, -0.15) is 4.98 Å². The van der Waals surface area contributed by atoms with Crippen LogP contribution in [-0.4, -0.2) is 54.2 Å². The van der Waals surface area contributed by atoms with E-state index in [1.807, 2.05) is 31.3 Å². The fourth-order valence-corrected chi connectivity index (χ4v) is 2.80. The maximum atomic E-state index is 4.78. The normalized spacial score (nSPS) is 15.0. The van der Waals surface area contributed by atoms with E-state index >= 15 is 0 Å². The molecule has 1 aliphatic heterocycles. The lowest BCUT2D eigenvalue weighted by atomic mass is 10.3. The molecule has 3 rings (SSSR count). The van der Waals surface area contributed by atoms with Crippen molar-refractivity contribution in [1.29, 1.82) is 0 Å². The number of nitrogens with zero attached hydrogens (tertiary/aromatic N) is 6. The molecule has 0 aliphatic carbocycles. The van der Waals surface area contributed by atoms with Crippen LogP contribution >= 0.6 is 0 Å². The summed E-state index contributed by atoms with van der Waals surface area (Å²) < 4.78 is 0. The van der Waals surface area contributed by atoms with Gasteiger partial charge in [-0.05, 0) is 32.9 Å². The van der Waals surface area contributed by atoms with Gasteiger partial charge in [0, 0.05) is 57.2 Å². The van der Waals surface area contributed by atoms with Crippen molar-refractivity contribution in [2.75, 3.05) is 47.9 Å². The fourth-order valence-electron chi connectivity index (χ4n) is 2.80. The van der Waals surface area contributed by atoms with E-state index < -0.39 is 0 Å². The molecule has 0 spiro atoms. The molecular weight excluding hydrogens is 300 g/mol. The minimum absolute atomic E-state index is 0.410. The number of hydrogen-bond donors (Lipinski definition) is 0. The van der Waals surface area contributed by atoms with Crippen LogP contribution in [-0.2, 0) is 0 Å². The van der Waals surface area contributed by atoms with Gasteiger partial charge in [-0.25, -0.2) is 9.97 Å². The van der Waals surface area contributed by atoms with E-state index in [0.717, 1.165) is 49.5 Å². The molecule has 0 bridgehead atoms.